The molecule has 4 heteroatoms. The minimum Gasteiger partial charge on any atom is -0.338 e. The van der Waals surface area contributed by atoms with Crippen molar-refractivity contribution < 1.29 is 4.79 Å². The van der Waals surface area contributed by atoms with Crippen molar-refractivity contribution >= 4 is 12.0 Å². The molecule has 0 aliphatic carbocycles. The summed E-state index contributed by atoms with van der Waals surface area (Å²) >= 11 is 0. The molecule has 1 heterocycles. The number of hydrogen-bond acceptors (Lipinski definition) is 3. The molecule has 2 rings (SSSR count). The van der Waals surface area contributed by atoms with Gasteiger partial charge in [-0.15, -0.1) is 0 Å². The van der Waals surface area contributed by atoms with Gasteiger partial charge in [-0.2, -0.15) is 5.26 Å². The molecule has 0 fully saturated rings. The van der Waals surface area contributed by atoms with Crippen LogP contribution in [0.3, 0.4) is 0 Å². The summed E-state index contributed by atoms with van der Waals surface area (Å²) in [5, 5.41) is 8.87. The van der Waals surface area contributed by atoms with E-state index in [1.54, 1.807) is 36.4 Å². The SMILES string of the molecule is CN(Cc1cccc(C#N)c1)C(=O)C=Cc1ccccn1. The van der Waals surface area contributed by atoms with Crippen molar-refractivity contribution in [3.8, 4) is 6.07 Å². The van der Waals surface area contributed by atoms with Crippen LogP contribution < -0.4 is 0 Å². The summed E-state index contributed by atoms with van der Waals surface area (Å²) in [4.78, 5) is 17.7. The van der Waals surface area contributed by atoms with Gasteiger partial charge in [0.05, 0.1) is 17.3 Å². The molecule has 0 aliphatic rings. The van der Waals surface area contributed by atoms with Gasteiger partial charge in [0.15, 0.2) is 0 Å². The smallest absolute Gasteiger partial charge is 0.246 e. The molecule has 0 radical (unpaired) electrons. The lowest BCUT2D eigenvalue weighted by atomic mass is 10.1. The lowest BCUT2D eigenvalue weighted by molar-refractivity contribution is -0.125. The Morgan fingerprint density at radius 3 is 2.90 bits per heavy atom. The van der Waals surface area contributed by atoms with E-state index in [9.17, 15) is 4.79 Å². The van der Waals surface area contributed by atoms with Gasteiger partial charge in [0.25, 0.3) is 0 Å². The fraction of sp³-hybridized carbons (Fsp3) is 0.118. The second-order valence-corrected chi connectivity index (χ2v) is 4.59. The third-order valence-electron chi connectivity index (χ3n) is 2.94. The number of nitrogens with zero attached hydrogens (tertiary/aromatic N) is 3. The molecule has 2 aromatic rings. The highest BCUT2D eigenvalue weighted by molar-refractivity contribution is 5.91. The number of aromatic nitrogens is 1. The van der Waals surface area contributed by atoms with Gasteiger partial charge in [0.2, 0.25) is 5.91 Å². The first-order valence-corrected chi connectivity index (χ1v) is 6.52. The van der Waals surface area contributed by atoms with Gasteiger partial charge in [-0.1, -0.05) is 18.2 Å². The average Bonchev–Trinajstić information content (AvgIpc) is 2.53. The Kier molecular flexibility index (Phi) is 4.84. The zero-order chi connectivity index (χ0) is 15.1. The topological polar surface area (TPSA) is 57.0 Å². The highest BCUT2D eigenvalue weighted by Gasteiger charge is 2.06. The average molecular weight is 277 g/mol. The second kappa shape index (κ2) is 7.01. The van der Waals surface area contributed by atoms with Crippen molar-refractivity contribution in [2.75, 3.05) is 7.05 Å². The van der Waals surface area contributed by atoms with E-state index >= 15 is 0 Å². The zero-order valence-corrected chi connectivity index (χ0v) is 11.7. The molecule has 1 amide bonds. The molecular weight excluding hydrogens is 262 g/mol. The number of likely N-dealkylation sites (N-methyl/N-ethyl adjacent to an activating group) is 1. The van der Waals surface area contributed by atoms with E-state index in [1.807, 2.05) is 30.3 Å². The van der Waals surface area contributed by atoms with Crippen molar-refractivity contribution in [2.45, 2.75) is 6.54 Å². The molecule has 0 bridgehead atoms. The Balaban J connectivity index is 1.99. The molecule has 21 heavy (non-hydrogen) atoms. The zero-order valence-electron chi connectivity index (χ0n) is 11.7. The van der Waals surface area contributed by atoms with Crippen LogP contribution in [0.5, 0.6) is 0 Å². The minimum absolute atomic E-state index is 0.108. The number of nitriles is 1. The molecule has 0 saturated heterocycles. The van der Waals surface area contributed by atoms with Crippen LogP contribution in [0.15, 0.2) is 54.7 Å². The number of hydrogen-bond donors (Lipinski definition) is 0. The van der Waals surface area contributed by atoms with Crippen LogP contribution in [0.2, 0.25) is 0 Å². The van der Waals surface area contributed by atoms with Crippen molar-refractivity contribution in [3.05, 3.63) is 71.6 Å². The van der Waals surface area contributed by atoms with E-state index in [0.717, 1.165) is 11.3 Å². The van der Waals surface area contributed by atoms with Crippen molar-refractivity contribution in [1.29, 1.82) is 5.26 Å². The van der Waals surface area contributed by atoms with E-state index < -0.39 is 0 Å². The fourth-order valence-corrected chi connectivity index (χ4v) is 1.85. The van der Waals surface area contributed by atoms with Gasteiger partial charge < -0.3 is 4.90 Å². The standard InChI is InChI=1S/C17H15N3O/c1-20(13-15-6-4-5-14(11-15)12-18)17(21)9-8-16-7-2-3-10-19-16/h2-11H,13H2,1H3. The lowest BCUT2D eigenvalue weighted by Crippen LogP contribution is -2.24. The summed E-state index contributed by atoms with van der Waals surface area (Å²) in [5.74, 6) is -0.108. The minimum atomic E-state index is -0.108. The summed E-state index contributed by atoms with van der Waals surface area (Å²) in [6, 6.07) is 14.9. The molecule has 1 aromatic carbocycles. The molecule has 0 aliphatic heterocycles. The quantitative estimate of drug-likeness (QED) is 0.807. The van der Waals surface area contributed by atoms with Crippen molar-refractivity contribution in [1.82, 2.24) is 9.88 Å². The third kappa shape index (κ3) is 4.29. The normalized spacial score (nSPS) is 10.3. The van der Waals surface area contributed by atoms with Crippen molar-refractivity contribution in [2.24, 2.45) is 0 Å². The Morgan fingerprint density at radius 1 is 1.33 bits per heavy atom. The van der Waals surface area contributed by atoms with E-state index in [4.69, 9.17) is 5.26 Å². The van der Waals surface area contributed by atoms with E-state index in [0.29, 0.717) is 12.1 Å². The first-order valence-electron chi connectivity index (χ1n) is 6.52. The van der Waals surface area contributed by atoms with Gasteiger partial charge in [-0.25, -0.2) is 0 Å². The van der Waals surface area contributed by atoms with Crippen LogP contribution in [0.1, 0.15) is 16.8 Å². The summed E-state index contributed by atoms with van der Waals surface area (Å²) in [6.45, 7) is 0.459. The van der Waals surface area contributed by atoms with E-state index in [-0.39, 0.29) is 5.91 Å². The fourth-order valence-electron chi connectivity index (χ4n) is 1.85. The van der Waals surface area contributed by atoms with Gasteiger partial charge in [0, 0.05) is 25.9 Å². The summed E-state index contributed by atoms with van der Waals surface area (Å²) in [6.07, 6.45) is 4.86. The maximum absolute atomic E-state index is 12.0. The molecule has 104 valence electrons. The van der Waals surface area contributed by atoms with Crippen LogP contribution in [0.25, 0.3) is 6.08 Å². The first kappa shape index (κ1) is 14.5. The Labute approximate surface area is 124 Å². The molecule has 0 saturated carbocycles. The molecule has 1 aromatic heterocycles. The lowest BCUT2D eigenvalue weighted by Gasteiger charge is -2.15. The largest absolute Gasteiger partial charge is 0.338 e. The molecule has 0 N–H and O–H groups in total. The van der Waals surface area contributed by atoms with Crippen LogP contribution in [0.4, 0.5) is 0 Å². The maximum Gasteiger partial charge on any atom is 0.246 e. The van der Waals surface area contributed by atoms with Gasteiger partial charge >= 0.3 is 0 Å². The van der Waals surface area contributed by atoms with Gasteiger partial charge in [-0.3, -0.25) is 9.78 Å². The molecular formula is C17H15N3O. The summed E-state index contributed by atoms with van der Waals surface area (Å²) < 4.78 is 0. The van der Waals surface area contributed by atoms with Gasteiger partial charge in [0.1, 0.15) is 0 Å². The predicted octanol–water partition coefficient (Wildman–Crippen LogP) is 2.63. The van der Waals surface area contributed by atoms with Gasteiger partial charge in [-0.05, 0) is 35.9 Å². The number of amides is 1. The number of carbonyl (C=O) groups is 1. The maximum atomic E-state index is 12.0. The number of carbonyl (C=O) groups excluding carboxylic acids is 1. The van der Waals surface area contributed by atoms with Crippen LogP contribution in [-0.2, 0) is 11.3 Å². The second-order valence-electron chi connectivity index (χ2n) is 4.59. The number of benzene rings is 1. The van der Waals surface area contributed by atoms with Crippen LogP contribution in [0, 0.1) is 11.3 Å². The van der Waals surface area contributed by atoms with Crippen molar-refractivity contribution in [3.63, 3.8) is 0 Å². The Hall–Kier alpha value is -2.93. The van der Waals surface area contributed by atoms with Crippen LogP contribution >= 0.6 is 0 Å². The molecule has 4 nitrogen and oxygen atoms in total. The molecule has 0 spiro atoms. The molecule has 0 atom stereocenters. The van der Waals surface area contributed by atoms with E-state index in [1.165, 1.54) is 6.08 Å². The summed E-state index contributed by atoms with van der Waals surface area (Å²) in [7, 11) is 1.73. The monoisotopic (exact) mass is 277 g/mol. The highest BCUT2D eigenvalue weighted by Crippen LogP contribution is 2.07. The third-order valence-corrected chi connectivity index (χ3v) is 2.94. The molecule has 0 unspecified atom stereocenters. The number of rotatable bonds is 4. The Bertz CT molecular complexity index is 687. The highest BCUT2D eigenvalue weighted by atomic mass is 16.2. The number of pyridine rings is 1. The van der Waals surface area contributed by atoms with E-state index in [2.05, 4.69) is 11.1 Å². The first-order chi connectivity index (χ1) is 10.2. The predicted molar refractivity (Wildman–Crippen MR) is 80.9 cm³/mol. The van der Waals surface area contributed by atoms with Crippen LogP contribution in [-0.4, -0.2) is 22.8 Å². The Morgan fingerprint density at radius 2 is 2.19 bits per heavy atom. The summed E-state index contributed by atoms with van der Waals surface area (Å²) in [5.41, 5.74) is 2.26.